The van der Waals surface area contributed by atoms with E-state index in [4.69, 9.17) is 4.74 Å². The molecule has 1 aliphatic heterocycles. The summed E-state index contributed by atoms with van der Waals surface area (Å²) >= 11 is 0. The predicted molar refractivity (Wildman–Crippen MR) is 62.7 cm³/mol. The zero-order chi connectivity index (χ0) is 11.0. The van der Waals surface area contributed by atoms with Crippen LogP contribution in [-0.4, -0.2) is 37.7 Å². The quantitative estimate of drug-likeness (QED) is 0.693. The topological polar surface area (TPSA) is 12.5 Å². The summed E-state index contributed by atoms with van der Waals surface area (Å²) in [5.74, 6) is 0.883. The van der Waals surface area contributed by atoms with E-state index in [2.05, 4.69) is 25.8 Å². The molecule has 1 unspecified atom stereocenters. The molecule has 14 heavy (non-hydrogen) atoms. The Bertz CT molecular complexity index is 125. The molecule has 0 aliphatic carbocycles. The van der Waals surface area contributed by atoms with Crippen LogP contribution < -0.4 is 0 Å². The third kappa shape index (κ3) is 6.39. The highest BCUT2D eigenvalue weighted by Gasteiger charge is 2.18. The zero-order valence-electron chi connectivity index (χ0n) is 10.5. The molecule has 2 heteroatoms. The first-order valence-electron chi connectivity index (χ1n) is 5.98. The maximum atomic E-state index is 5.52. The summed E-state index contributed by atoms with van der Waals surface area (Å²) in [6.07, 6.45) is 2.99. The minimum absolute atomic E-state index is 0.393. The van der Waals surface area contributed by atoms with Crippen LogP contribution in [0.5, 0.6) is 0 Å². The molecule has 2 nitrogen and oxygen atoms in total. The van der Waals surface area contributed by atoms with E-state index in [0.29, 0.717) is 6.10 Å². The highest BCUT2D eigenvalue weighted by Crippen LogP contribution is 2.17. The number of ether oxygens (including phenoxy) is 1. The van der Waals surface area contributed by atoms with Gasteiger partial charge in [0.05, 0.1) is 6.10 Å². The first-order valence-corrected chi connectivity index (χ1v) is 5.98. The maximum absolute atomic E-state index is 5.52. The van der Waals surface area contributed by atoms with E-state index in [1.807, 2.05) is 13.8 Å². The lowest BCUT2D eigenvalue weighted by Crippen LogP contribution is -2.15. The summed E-state index contributed by atoms with van der Waals surface area (Å²) in [4.78, 5) is 2.40. The van der Waals surface area contributed by atoms with Gasteiger partial charge in [-0.1, -0.05) is 13.8 Å². The maximum Gasteiger partial charge on any atom is 0.0518 e. The highest BCUT2D eigenvalue weighted by atomic mass is 16.5. The Balaban J connectivity index is 0.000000791. The fourth-order valence-electron chi connectivity index (χ4n) is 1.73. The molecule has 1 rings (SSSR count). The Morgan fingerprint density at radius 3 is 2.43 bits per heavy atom. The molecule has 0 spiro atoms. The van der Waals surface area contributed by atoms with Crippen LogP contribution >= 0.6 is 0 Å². The molecule has 0 aromatic carbocycles. The van der Waals surface area contributed by atoms with E-state index in [1.165, 1.54) is 25.9 Å². The van der Waals surface area contributed by atoms with Gasteiger partial charge in [-0.25, -0.2) is 0 Å². The van der Waals surface area contributed by atoms with Crippen molar-refractivity contribution in [3.8, 4) is 0 Å². The molecular weight excluding hydrogens is 174 g/mol. The van der Waals surface area contributed by atoms with Gasteiger partial charge in [-0.2, -0.15) is 0 Å². The van der Waals surface area contributed by atoms with Crippen molar-refractivity contribution in [2.24, 2.45) is 5.92 Å². The van der Waals surface area contributed by atoms with Crippen molar-refractivity contribution in [2.75, 3.05) is 26.7 Å². The fourth-order valence-corrected chi connectivity index (χ4v) is 1.73. The van der Waals surface area contributed by atoms with Gasteiger partial charge in [-0.15, -0.1) is 0 Å². The number of hydrogen-bond acceptors (Lipinski definition) is 2. The van der Waals surface area contributed by atoms with E-state index in [0.717, 1.165) is 12.5 Å². The molecule has 0 amide bonds. The molecule has 1 aliphatic rings. The summed E-state index contributed by atoms with van der Waals surface area (Å²) in [7, 11) is 2.20. The first kappa shape index (κ1) is 13.9. The largest absolute Gasteiger partial charge is 0.379 e. The third-order valence-electron chi connectivity index (χ3n) is 2.47. The number of nitrogens with zero attached hydrogens (tertiary/aromatic N) is 1. The highest BCUT2D eigenvalue weighted by molar-refractivity contribution is 4.72. The van der Waals surface area contributed by atoms with Crippen molar-refractivity contribution < 1.29 is 4.74 Å². The zero-order valence-corrected chi connectivity index (χ0v) is 10.5. The molecule has 1 saturated heterocycles. The van der Waals surface area contributed by atoms with Crippen molar-refractivity contribution in [1.82, 2.24) is 4.90 Å². The van der Waals surface area contributed by atoms with Crippen LogP contribution in [0.2, 0.25) is 0 Å². The summed E-state index contributed by atoms with van der Waals surface area (Å²) in [6, 6.07) is 0. The summed E-state index contributed by atoms with van der Waals surface area (Å²) < 4.78 is 5.52. The van der Waals surface area contributed by atoms with Crippen molar-refractivity contribution >= 4 is 0 Å². The van der Waals surface area contributed by atoms with Gasteiger partial charge < -0.3 is 9.64 Å². The molecule has 1 heterocycles. The summed E-state index contributed by atoms with van der Waals surface area (Å²) in [5.41, 5.74) is 0. The molecule has 1 atom stereocenters. The van der Waals surface area contributed by atoms with Gasteiger partial charge in [-0.05, 0) is 46.2 Å². The van der Waals surface area contributed by atoms with Crippen LogP contribution in [0, 0.1) is 5.92 Å². The lowest BCUT2D eigenvalue weighted by Gasteiger charge is -2.12. The number of rotatable bonds is 4. The molecule has 0 radical (unpaired) electrons. The minimum Gasteiger partial charge on any atom is -0.379 e. The molecular formula is C12H27NO. The van der Waals surface area contributed by atoms with Gasteiger partial charge in [0.25, 0.3) is 0 Å². The third-order valence-corrected chi connectivity index (χ3v) is 2.47. The molecule has 1 fully saturated rings. The van der Waals surface area contributed by atoms with E-state index in [9.17, 15) is 0 Å². The van der Waals surface area contributed by atoms with Gasteiger partial charge in [0.2, 0.25) is 0 Å². The number of hydrogen-bond donors (Lipinski definition) is 0. The lowest BCUT2D eigenvalue weighted by atomic mass is 10.1. The molecule has 0 aromatic heterocycles. The van der Waals surface area contributed by atoms with Crippen molar-refractivity contribution in [1.29, 1.82) is 0 Å². The van der Waals surface area contributed by atoms with Crippen molar-refractivity contribution in [3.05, 3.63) is 0 Å². The van der Waals surface area contributed by atoms with Gasteiger partial charge in [0.15, 0.2) is 0 Å². The van der Waals surface area contributed by atoms with Crippen LogP contribution in [0.4, 0.5) is 0 Å². The molecule has 0 saturated carbocycles. The van der Waals surface area contributed by atoms with Crippen LogP contribution in [0.1, 0.15) is 40.5 Å². The Morgan fingerprint density at radius 1 is 1.36 bits per heavy atom. The second-order valence-electron chi connectivity index (χ2n) is 4.13. The smallest absolute Gasteiger partial charge is 0.0518 e. The SMILES string of the molecule is CC.CC(C)OCCC1CCN(C)C1. The standard InChI is InChI=1S/C10H21NO.C2H6/c1-9(2)12-7-5-10-4-6-11(3)8-10;1-2/h9-10H,4-8H2,1-3H3;1-2H3. The van der Waals surface area contributed by atoms with Crippen molar-refractivity contribution in [2.45, 2.75) is 46.6 Å². The number of likely N-dealkylation sites (tertiary alicyclic amines) is 1. The first-order chi connectivity index (χ1) is 6.68. The molecule has 0 aromatic rings. The fraction of sp³-hybridized carbons (Fsp3) is 1.00. The Morgan fingerprint density at radius 2 is 2.00 bits per heavy atom. The van der Waals surface area contributed by atoms with Crippen molar-refractivity contribution in [3.63, 3.8) is 0 Å². The van der Waals surface area contributed by atoms with Gasteiger partial charge in [-0.3, -0.25) is 0 Å². The molecule has 86 valence electrons. The second-order valence-corrected chi connectivity index (χ2v) is 4.13. The average Bonchev–Trinajstić information content (AvgIpc) is 2.54. The Labute approximate surface area is 89.6 Å². The minimum atomic E-state index is 0.393. The average molecular weight is 201 g/mol. The molecule has 0 bridgehead atoms. The van der Waals surface area contributed by atoms with Gasteiger partial charge >= 0.3 is 0 Å². The Kier molecular flexibility index (Phi) is 8.20. The van der Waals surface area contributed by atoms with E-state index >= 15 is 0 Å². The molecule has 0 N–H and O–H groups in total. The monoisotopic (exact) mass is 201 g/mol. The Hall–Kier alpha value is -0.0800. The van der Waals surface area contributed by atoms with Crippen LogP contribution in [-0.2, 0) is 4.74 Å². The van der Waals surface area contributed by atoms with Gasteiger partial charge in [0, 0.05) is 13.2 Å². The lowest BCUT2D eigenvalue weighted by molar-refractivity contribution is 0.0691. The van der Waals surface area contributed by atoms with Crippen LogP contribution in [0.25, 0.3) is 0 Å². The van der Waals surface area contributed by atoms with Crippen LogP contribution in [0.15, 0.2) is 0 Å². The second kappa shape index (κ2) is 8.25. The van der Waals surface area contributed by atoms with Crippen LogP contribution in [0.3, 0.4) is 0 Å². The van der Waals surface area contributed by atoms with Gasteiger partial charge in [0.1, 0.15) is 0 Å². The normalized spacial score (nSPS) is 22.3. The summed E-state index contributed by atoms with van der Waals surface area (Å²) in [5, 5.41) is 0. The van der Waals surface area contributed by atoms with E-state index < -0.39 is 0 Å². The van der Waals surface area contributed by atoms with E-state index in [1.54, 1.807) is 0 Å². The predicted octanol–water partition coefficient (Wildman–Crippen LogP) is 2.78. The summed E-state index contributed by atoms with van der Waals surface area (Å²) in [6.45, 7) is 11.7. The van der Waals surface area contributed by atoms with E-state index in [-0.39, 0.29) is 0 Å².